The standard InChI is InChI=1S/C22H23FN2O3S/c1-22(2,3)14-6-9-16-17(11-24)20(29-18(16)10-14)25-19(26)12-28-21(27)13-4-7-15(23)8-5-13/h4-5,7-8,14H,6,9-10,12H2,1-3H3,(H,25,26)/t14-/m0/s1. The fourth-order valence-electron chi connectivity index (χ4n) is 3.49. The molecule has 0 aliphatic heterocycles. The third-order valence-electron chi connectivity index (χ3n) is 5.27. The van der Waals surface area contributed by atoms with Crippen LogP contribution in [0.25, 0.3) is 0 Å². The molecule has 1 aromatic carbocycles. The number of hydrogen-bond donors (Lipinski definition) is 1. The van der Waals surface area contributed by atoms with Crippen LogP contribution in [-0.2, 0) is 22.4 Å². The summed E-state index contributed by atoms with van der Waals surface area (Å²) in [6, 6.07) is 7.10. The van der Waals surface area contributed by atoms with Crippen LogP contribution in [-0.4, -0.2) is 18.5 Å². The van der Waals surface area contributed by atoms with Crippen molar-refractivity contribution < 1.29 is 18.7 Å². The number of nitrogens with one attached hydrogen (secondary N) is 1. The van der Waals surface area contributed by atoms with Crippen molar-refractivity contribution in [3.63, 3.8) is 0 Å². The number of nitrogens with zero attached hydrogens (tertiary/aromatic N) is 1. The fraction of sp³-hybridized carbons (Fsp3) is 0.409. The number of halogens is 1. The number of thiophene rings is 1. The molecule has 3 rings (SSSR count). The summed E-state index contributed by atoms with van der Waals surface area (Å²) >= 11 is 1.43. The van der Waals surface area contributed by atoms with Crippen LogP contribution in [0.15, 0.2) is 24.3 Å². The maximum absolute atomic E-state index is 12.9. The van der Waals surface area contributed by atoms with Gasteiger partial charge in [-0.15, -0.1) is 11.3 Å². The van der Waals surface area contributed by atoms with Crippen molar-refractivity contribution in [3.05, 3.63) is 51.7 Å². The molecule has 0 saturated carbocycles. The zero-order chi connectivity index (χ0) is 21.2. The molecule has 0 fully saturated rings. The van der Waals surface area contributed by atoms with Gasteiger partial charge in [0.2, 0.25) is 0 Å². The lowest BCUT2D eigenvalue weighted by atomic mass is 9.72. The number of anilines is 1. The highest BCUT2D eigenvalue weighted by Crippen LogP contribution is 2.43. The Kier molecular flexibility index (Phi) is 6.04. The SMILES string of the molecule is CC(C)(C)[C@H]1CCc2c(sc(NC(=O)COC(=O)c3ccc(F)cc3)c2C#N)C1. The molecule has 0 bridgehead atoms. The van der Waals surface area contributed by atoms with Crippen molar-refractivity contribution in [2.24, 2.45) is 11.3 Å². The number of ether oxygens (including phenoxy) is 1. The molecule has 29 heavy (non-hydrogen) atoms. The molecule has 1 aromatic heterocycles. The Morgan fingerprint density at radius 2 is 2.00 bits per heavy atom. The normalized spacial score (nSPS) is 15.9. The molecule has 1 aliphatic carbocycles. The molecule has 152 valence electrons. The third-order valence-corrected chi connectivity index (χ3v) is 6.44. The van der Waals surface area contributed by atoms with E-state index in [0.29, 0.717) is 16.5 Å². The minimum atomic E-state index is -0.709. The van der Waals surface area contributed by atoms with E-state index in [4.69, 9.17) is 4.74 Å². The highest BCUT2D eigenvalue weighted by Gasteiger charge is 2.32. The number of rotatable bonds is 4. The van der Waals surface area contributed by atoms with Crippen LogP contribution < -0.4 is 5.32 Å². The summed E-state index contributed by atoms with van der Waals surface area (Å²) in [4.78, 5) is 25.4. The van der Waals surface area contributed by atoms with Gasteiger partial charge in [0.15, 0.2) is 6.61 Å². The Morgan fingerprint density at radius 3 is 2.62 bits per heavy atom. The molecule has 2 aromatic rings. The van der Waals surface area contributed by atoms with Gasteiger partial charge >= 0.3 is 5.97 Å². The lowest BCUT2D eigenvalue weighted by Crippen LogP contribution is -2.26. The Labute approximate surface area is 173 Å². The predicted octanol–water partition coefficient (Wildman–Crippen LogP) is 4.71. The van der Waals surface area contributed by atoms with E-state index in [9.17, 15) is 19.2 Å². The average Bonchev–Trinajstić information content (AvgIpc) is 3.02. The van der Waals surface area contributed by atoms with Crippen LogP contribution in [0.5, 0.6) is 0 Å². The monoisotopic (exact) mass is 414 g/mol. The number of carbonyl (C=O) groups excluding carboxylic acids is 2. The van der Waals surface area contributed by atoms with E-state index in [-0.39, 0.29) is 11.0 Å². The molecule has 0 spiro atoms. The van der Waals surface area contributed by atoms with E-state index in [1.807, 2.05) is 0 Å². The first-order valence-corrected chi connectivity index (χ1v) is 10.3. The average molecular weight is 415 g/mol. The number of benzene rings is 1. The Morgan fingerprint density at radius 1 is 1.31 bits per heavy atom. The van der Waals surface area contributed by atoms with Gasteiger partial charge in [-0.25, -0.2) is 9.18 Å². The van der Waals surface area contributed by atoms with Gasteiger partial charge in [0, 0.05) is 4.88 Å². The molecule has 0 saturated heterocycles. The van der Waals surface area contributed by atoms with Gasteiger partial charge in [0.1, 0.15) is 16.9 Å². The van der Waals surface area contributed by atoms with E-state index in [0.717, 1.165) is 41.8 Å². The molecule has 1 heterocycles. The highest BCUT2D eigenvalue weighted by atomic mass is 32.1. The quantitative estimate of drug-likeness (QED) is 0.735. The fourth-order valence-corrected chi connectivity index (χ4v) is 4.79. The number of hydrogen-bond acceptors (Lipinski definition) is 5. The van der Waals surface area contributed by atoms with Crippen LogP contribution >= 0.6 is 11.3 Å². The van der Waals surface area contributed by atoms with E-state index in [1.165, 1.54) is 23.5 Å². The Bertz CT molecular complexity index is 968. The largest absolute Gasteiger partial charge is 0.452 e. The van der Waals surface area contributed by atoms with Crippen molar-refractivity contribution in [1.29, 1.82) is 5.26 Å². The van der Waals surface area contributed by atoms with Gasteiger partial charge in [0.05, 0.1) is 11.1 Å². The lowest BCUT2D eigenvalue weighted by Gasteiger charge is -2.33. The first-order chi connectivity index (χ1) is 13.7. The van der Waals surface area contributed by atoms with E-state index < -0.39 is 24.3 Å². The van der Waals surface area contributed by atoms with E-state index >= 15 is 0 Å². The van der Waals surface area contributed by atoms with Crippen molar-refractivity contribution in [2.45, 2.75) is 40.0 Å². The van der Waals surface area contributed by atoms with E-state index in [1.54, 1.807) is 0 Å². The van der Waals surface area contributed by atoms with Gasteiger partial charge in [0.25, 0.3) is 5.91 Å². The number of amides is 1. The first kappa shape index (κ1) is 21.0. The molecule has 0 unspecified atom stereocenters. The predicted molar refractivity (Wildman–Crippen MR) is 109 cm³/mol. The molecule has 1 aliphatic rings. The summed E-state index contributed by atoms with van der Waals surface area (Å²) in [5.74, 6) is -1.15. The van der Waals surface area contributed by atoms with Gasteiger partial charge in [-0.05, 0) is 60.4 Å². The summed E-state index contributed by atoms with van der Waals surface area (Å²) in [5, 5.41) is 12.8. The zero-order valence-corrected chi connectivity index (χ0v) is 17.5. The molecule has 5 nitrogen and oxygen atoms in total. The highest BCUT2D eigenvalue weighted by molar-refractivity contribution is 7.16. The van der Waals surface area contributed by atoms with Gasteiger partial charge < -0.3 is 10.1 Å². The first-order valence-electron chi connectivity index (χ1n) is 9.46. The van der Waals surface area contributed by atoms with Crippen molar-refractivity contribution in [1.82, 2.24) is 0 Å². The number of nitriles is 1. The molecule has 1 atom stereocenters. The summed E-state index contributed by atoms with van der Waals surface area (Å²) in [6.07, 6.45) is 2.74. The van der Waals surface area contributed by atoms with E-state index in [2.05, 4.69) is 32.2 Å². The van der Waals surface area contributed by atoms with Crippen LogP contribution in [0, 0.1) is 28.5 Å². The minimum absolute atomic E-state index is 0.164. The number of carbonyl (C=O) groups is 2. The molecule has 1 amide bonds. The van der Waals surface area contributed by atoms with Crippen molar-refractivity contribution >= 4 is 28.2 Å². The molecule has 7 heteroatoms. The second-order valence-corrected chi connectivity index (χ2v) is 9.36. The van der Waals surface area contributed by atoms with Crippen LogP contribution in [0.2, 0.25) is 0 Å². The second-order valence-electron chi connectivity index (χ2n) is 8.26. The zero-order valence-electron chi connectivity index (χ0n) is 16.7. The van der Waals surface area contributed by atoms with Crippen LogP contribution in [0.1, 0.15) is 53.6 Å². The van der Waals surface area contributed by atoms with Gasteiger partial charge in [-0.1, -0.05) is 20.8 Å². The summed E-state index contributed by atoms with van der Waals surface area (Å²) in [5.41, 5.74) is 1.89. The lowest BCUT2D eigenvalue weighted by molar-refractivity contribution is -0.119. The molecule has 0 radical (unpaired) electrons. The summed E-state index contributed by atoms with van der Waals surface area (Å²) in [7, 11) is 0. The molecular formula is C22H23FN2O3S. The second kappa shape index (κ2) is 8.34. The topological polar surface area (TPSA) is 79.2 Å². The Balaban J connectivity index is 1.65. The molecule has 1 N–H and O–H groups in total. The maximum Gasteiger partial charge on any atom is 0.338 e. The van der Waals surface area contributed by atoms with Gasteiger partial charge in [-0.3, -0.25) is 4.79 Å². The van der Waals surface area contributed by atoms with Crippen molar-refractivity contribution in [2.75, 3.05) is 11.9 Å². The summed E-state index contributed by atoms with van der Waals surface area (Å²) in [6.45, 7) is 6.19. The minimum Gasteiger partial charge on any atom is -0.452 e. The van der Waals surface area contributed by atoms with Crippen LogP contribution in [0.4, 0.5) is 9.39 Å². The van der Waals surface area contributed by atoms with Crippen molar-refractivity contribution in [3.8, 4) is 6.07 Å². The third kappa shape index (κ3) is 4.83. The maximum atomic E-state index is 12.9. The number of esters is 1. The number of fused-ring (bicyclic) bond motifs is 1. The van der Waals surface area contributed by atoms with Gasteiger partial charge in [-0.2, -0.15) is 5.26 Å². The smallest absolute Gasteiger partial charge is 0.338 e. The summed E-state index contributed by atoms with van der Waals surface area (Å²) < 4.78 is 17.9. The molecular weight excluding hydrogens is 391 g/mol. The Hall–Kier alpha value is -2.72. The van der Waals surface area contributed by atoms with Crippen LogP contribution in [0.3, 0.4) is 0 Å².